The first-order valence-electron chi connectivity index (χ1n) is 10.8. The maximum atomic E-state index is 12.7. The fourth-order valence-electron chi connectivity index (χ4n) is 3.69. The standard InChI is InChI=1S/C26H28N2O5/c1-5-32-26(31)25-17(3)20-8-6-7-9-21(20)28-23(25)15-33-24(30)14-22(27-18(4)29)19-12-10-16(2)11-13-19/h6-13,22H,5,14-15H2,1-4H3,(H,27,29). The normalized spacial score (nSPS) is 11.6. The molecule has 0 saturated carbocycles. The highest BCUT2D eigenvalue weighted by atomic mass is 16.5. The minimum absolute atomic E-state index is 0.0516. The molecule has 33 heavy (non-hydrogen) atoms. The van der Waals surface area contributed by atoms with Crippen molar-refractivity contribution in [3.05, 3.63) is 76.5 Å². The van der Waals surface area contributed by atoms with Crippen molar-refractivity contribution in [1.82, 2.24) is 10.3 Å². The fourth-order valence-corrected chi connectivity index (χ4v) is 3.69. The molecule has 0 aliphatic heterocycles. The van der Waals surface area contributed by atoms with Crippen LogP contribution in [0.25, 0.3) is 10.9 Å². The lowest BCUT2D eigenvalue weighted by atomic mass is 10.0. The number of benzene rings is 2. The molecule has 7 heteroatoms. The van der Waals surface area contributed by atoms with E-state index in [9.17, 15) is 14.4 Å². The number of hydrogen-bond donors (Lipinski definition) is 1. The van der Waals surface area contributed by atoms with E-state index in [-0.39, 0.29) is 25.5 Å². The van der Waals surface area contributed by atoms with E-state index in [4.69, 9.17) is 9.47 Å². The number of aryl methyl sites for hydroxylation is 2. The summed E-state index contributed by atoms with van der Waals surface area (Å²) in [6, 6.07) is 14.5. The molecule has 0 bridgehead atoms. The molecule has 2 aromatic carbocycles. The molecule has 1 N–H and O–H groups in total. The third-order valence-electron chi connectivity index (χ3n) is 5.30. The molecule has 0 saturated heterocycles. The summed E-state index contributed by atoms with van der Waals surface area (Å²) in [4.78, 5) is 41.6. The van der Waals surface area contributed by atoms with Crippen molar-refractivity contribution in [2.45, 2.75) is 46.8 Å². The SMILES string of the molecule is CCOC(=O)c1c(COC(=O)CC(NC(C)=O)c2ccc(C)cc2)nc2ccccc2c1C. The number of carbonyl (C=O) groups is 3. The Morgan fingerprint density at radius 1 is 1.00 bits per heavy atom. The van der Waals surface area contributed by atoms with Crippen LogP contribution in [0, 0.1) is 13.8 Å². The lowest BCUT2D eigenvalue weighted by molar-refractivity contribution is -0.145. The van der Waals surface area contributed by atoms with Crippen molar-refractivity contribution >= 4 is 28.7 Å². The predicted octanol–water partition coefficient (Wildman–Crippen LogP) is 4.34. The zero-order valence-corrected chi connectivity index (χ0v) is 19.3. The average Bonchev–Trinajstić information content (AvgIpc) is 2.77. The van der Waals surface area contributed by atoms with E-state index >= 15 is 0 Å². The second-order valence-electron chi connectivity index (χ2n) is 7.82. The maximum absolute atomic E-state index is 12.7. The smallest absolute Gasteiger partial charge is 0.340 e. The monoisotopic (exact) mass is 448 g/mol. The van der Waals surface area contributed by atoms with E-state index in [1.54, 1.807) is 6.92 Å². The van der Waals surface area contributed by atoms with Crippen molar-refractivity contribution in [2.24, 2.45) is 0 Å². The molecule has 0 aliphatic carbocycles. The Labute approximate surface area is 193 Å². The molecule has 1 heterocycles. The van der Waals surface area contributed by atoms with Gasteiger partial charge < -0.3 is 14.8 Å². The Balaban J connectivity index is 1.82. The van der Waals surface area contributed by atoms with Crippen LogP contribution >= 0.6 is 0 Å². The van der Waals surface area contributed by atoms with Gasteiger partial charge in [-0.3, -0.25) is 9.59 Å². The lowest BCUT2D eigenvalue weighted by Gasteiger charge is -2.18. The van der Waals surface area contributed by atoms with E-state index in [0.717, 1.165) is 22.1 Å². The molecule has 1 atom stereocenters. The summed E-state index contributed by atoms with van der Waals surface area (Å²) in [6.07, 6.45) is -0.0516. The van der Waals surface area contributed by atoms with Crippen molar-refractivity contribution < 1.29 is 23.9 Å². The molecule has 0 radical (unpaired) electrons. The van der Waals surface area contributed by atoms with E-state index in [0.29, 0.717) is 16.8 Å². The van der Waals surface area contributed by atoms with Gasteiger partial charge in [0.2, 0.25) is 5.91 Å². The van der Waals surface area contributed by atoms with Gasteiger partial charge in [-0.1, -0.05) is 48.0 Å². The van der Waals surface area contributed by atoms with E-state index in [1.807, 2.05) is 62.4 Å². The number of rotatable bonds is 8. The molecular weight excluding hydrogens is 420 g/mol. The summed E-state index contributed by atoms with van der Waals surface area (Å²) >= 11 is 0. The van der Waals surface area contributed by atoms with Crippen LogP contribution in [-0.2, 0) is 25.7 Å². The van der Waals surface area contributed by atoms with E-state index in [1.165, 1.54) is 6.92 Å². The zero-order valence-electron chi connectivity index (χ0n) is 19.3. The molecule has 1 amide bonds. The number of ether oxygens (including phenoxy) is 2. The minimum atomic E-state index is -0.522. The number of aromatic nitrogens is 1. The van der Waals surface area contributed by atoms with Crippen LogP contribution in [0.1, 0.15) is 59.1 Å². The molecule has 0 fully saturated rings. The molecule has 7 nitrogen and oxygen atoms in total. The summed E-state index contributed by atoms with van der Waals surface area (Å²) in [5.41, 5.74) is 3.95. The Morgan fingerprint density at radius 2 is 1.70 bits per heavy atom. The Bertz CT molecular complexity index is 1170. The van der Waals surface area contributed by atoms with Crippen LogP contribution in [0.15, 0.2) is 48.5 Å². The number of nitrogens with one attached hydrogen (secondary N) is 1. The fraction of sp³-hybridized carbons (Fsp3) is 0.308. The second-order valence-corrected chi connectivity index (χ2v) is 7.82. The van der Waals surface area contributed by atoms with Crippen LogP contribution in [0.2, 0.25) is 0 Å². The third-order valence-corrected chi connectivity index (χ3v) is 5.30. The number of carbonyl (C=O) groups excluding carboxylic acids is 3. The van der Waals surface area contributed by atoms with Gasteiger partial charge in [0.1, 0.15) is 6.61 Å². The van der Waals surface area contributed by atoms with Gasteiger partial charge in [0, 0.05) is 12.3 Å². The number of hydrogen-bond acceptors (Lipinski definition) is 6. The van der Waals surface area contributed by atoms with Crippen LogP contribution in [0.3, 0.4) is 0 Å². The maximum Gasteiger partial charge on any atom is 0.340 e. The predicted molar refractivity (Wildman–Crippen MR) is 125 cm³/mol. The number of nitrogens with zero attached hydrogens (tertiary/aromatic N) is 1. The van der Waals surface area contributed by atoms with Gasteiger partial charge >= 0.3 is 11.9 Å². The molecule has 1 unspecified atom stereocenters. The van der Waals surface area contributed by atoms with Crippen molar-refractivity contribution in [2.75, 3.05) is 6.61 Å². The molecular formula is C26H28N2O5. The number of esters is 2. The quantitative estimate of drug-likeness (QED) is 0.515. The van der Waals surface area contributed by atoms with Crippen molar-refractivity contribution in [1.29, 1.82) is 0 Å². The average molecular weight is 449 g/mol. The Kier molecular flexibility index (Phi) is 7.77. The highest BCUT2D eigenvalue weighted by Gasteiger charge is 2.22. The number of pyridine rings is 1. The zero-order chi connectivity index (χ0) is 24.0. The summed E-state index contributed by atoms with van der Waals surface area (Å²) < 4.78 is 10.7. The largest absolute Gasteiger partial charge is 0.462 e. The summed E-state index contributed by atoms with van der Waals surface area (Å²) in [7, 11) is 0. The van der Waals surface area contributed by atoms with Crippen molar-refractivity contribution in [3.63, 3.8) is 0 Å². The first-order valence-corrected chi connectivity index (χ1v) is 10.8. The summed E-state index contributed by atoms with van der Waals surface area (Å²) in [6.45, 7) is 6.96. The first-order chi connectivity index (χ1) is 15.8. The minimum Gasteiger partial charge on any atom is -0.462 e. The van der Waals surface area contributed by atoms with Crippen molar-refractivity contribution in [3.8, 4) is 0 Å². The first kappa shape index (κ1) is 23.9. The van der Waals surface area contributed by atoms with Crippen LogP contribution in [-0.4, -0.2) is 29.4 Å². The van der Waals surface area contributed by atoms with Crippen LogP contribution < -0.4 is 5.32 Å². The molecule has 3 aromatic rings. The molecule has 172 valence electrons. The second kappa shape index (κ2) is 10.7. The number of amides is 1. The highest BCUT2D eigenvalue weighted by Crippen LogP contribution is 2.25. The van der Waals surface area contributed by atoms with Gasteiger partial charge in [0.25, 0.3) is 0 Å². The van der Waals surface area contributed by atoms with Gasteiger partial charge in [0.05, 0.1) is 35.8 Å². The molecule has 0 spiro atoms. The third kappa shape index (κ3) is 5.94. The van der Waals surface area contributed by atoms with Gasteiger partial charge in [-0.05, 0) is 38.0 Å². The van der Waals surface area contributed by atoms with Gasteiger partial charge in [-0.2, -0.15) is 0 Å². The number of para-hydroxylation sites is 1. The topological polar surface area (TPSA) is 94.6 Å². The Morgan fingerprint density at radius 3 is 2.36 bits per heavy atom. The van der Waals surface area contributed by atoms with Gasteiger partial charge in [-0.15, -0.1) is 0 Å². The van der Waals surface area contributed by atoms with E-state index < -0.39 is 18.0 Å². The summed E-state index contributed by atoms with van der Waals surface area (Å²) in [5.74, 6) is -1.27. The van der Waals surface area contributed by atoms with Crippen LogP contribution in [0.5, 0.6) is 0 Å². The Hall–Kier alpha value is -3.74. The lowest BCUT2D eigenvalue weighted by Crippen LogP contribution is -2.28. The van der Waals surface area contributed by atoms with E-state index in [2.05, 4.69) is 10.3 Å². The molecule has 0 aliphatic rings. The summed E-state index contributed by atoms with van der Waals surface area (Å²) in [5, 5.41) is 3.63. The highest BCUT2D eigenvalue weighted by molar-refractivity contribution is 5.98. The number of fused-ring (bicyclic) bond motifs is 1. The van der Waals surface area contributed by atoms with Gasteiger partial charge in [-0.25, -0.2) is 9.78 Å². The molecule has 1 aromatic heterocycles. The molecule has 3 rings (SSSR count). The van der Waals surface area contributed by atoms with Crippen LogP contribution in [0.4, 0.5) is 0 Å². The van der Waals surface area contributed by atoms with Gasteiger partial charge in [0.15, 0.2) is 0 Å².